The van der Waals surface area contributed by atoms with Crippen molar-refractivity contribution in [3.8, 4) is 11.5 Å². The highest BCUT2D eigenvalue weighted by molar-refractivity contribution is 14.1. The minimum atomic E-state index is -3.27. The third kappa shape index (κ3) is 8.37. The third-order valence-electron chi connectivity index (χ3n) is 8.30. The lowest BCUT2D eigenvalue weighted by Gasteiger charge is -2.37. The van der Waals surface area contributed by atoms with E-state index in [4.69, 9.17) is 14.2 Å². The number of halogens is 6. The lowest BCUT2D eigenvalue weighted by molar-refractivity contribution is -0.169. The minimum Gasteiger partial charge on any atom is -0.496 e. The molecule has 46 heavy (non-hydrogen) atoms. The second kappa shape index (κ2) is 14.0. The highest BCUT2D eigenvalue weighted by atomic mass is 127. The van der Waals surface area contributed by atoms with Gasteiger partial charge in [0, 0.05) is 43.8 Å². The van der Waals surface area contributed by atoms with E-state index in [0.717, 1.165) is 34.7 Å². The van der Waals surface area contributed by atoms with Gasteiger partial charge in [-0.15, -0.1) is 5.12 Å². The van der Waals surface area contributed by atoms with Gasteiger partial charge in [0.15, 0.2) is 11.6 Å². The van der Waals surface area contributed by atoms with Crippen LogP contribution in [0.4, 0.5) is 23.3 Å². The molecule has 252 valence electrons. The number of alkyl halides is 3. The van der Waals surface area contributed by atoms with E-state index in [-0.39, 0.29) is 43.8 Å². The van der Waals surface area contributed by atoms with Gasteiger partial charge in [0.1, 0.15) is 11.4 Å². The van der Waals surface area contributed by atoms with Crippen molar-refractivity contribution in [2.24, 2.45) is 11.3 Å². The predicted molar refractivity (Wildman–Crippen MR) is 179 cm³/mol. The number of hydrogen-bond acceptors (Lipinski definition) is 6. The quantitative estimate of drug-likeness (QED) is 0.0903. The first-order chi connectivity index (χ1) is 21.3. The van der Waals surface area contributed by atoms with Crippen molar-refractivity contribution >= 4 is 68.7 Å². The summed E-state index contributed by atoms with van der Waals surface area (Å²) in [5, 5.41) is 2.52. The molecule has 0 radical (unpaired) electrons. The molecule has 0 spiro atoms. The number of rotatable bonds is 9. The van der Waals surface area contributed by atoms with Crippen LogP contribution in [0.5, 0.6) is 11.5 Å². The second-order valence-electron chi connectivity index (χ2n) is 12.9. The molecule has 0 aliphatic heterocycles. The van der Waals surface area contributed by atoms with E-state index in [1.54, 1.807) is 43.4 Å². The van der Waals surface area contributed by atoms with Crippen molar-refractivity contribution in [1.82, 2.24) is 5.32 Å². The van der Waals surface area contributed by atoms with Crippen molar-refractivity contribution in [2.45, 2.75) is 87.9 Å². The zero-order chi connectivity index (χ0) is 34.2. The zero-order valence-electron chi connectivity index (χ0n) is 26.0. The molecule has 2 fully saturated rings. The Labute approximate surface area is 292 Å². The summed E-state index contributed by atoms with van der Waals surface area (Å²) in [6, 6.07) is 4.95. The summed E-state index contributed by atoms with van der Waals surface area (Å²) < 4.78 is 71.8. The van der Waals surface area contributed by atoms with Crippen LogP contribution in [0.2, 0.25) is 0 Å². The normalized spacial score (nSPS) is 23.2. The van der Waals surface area contributed by atoms with E-state index in [9.17, 15) is 23.2 Å². The van der Waals surface area contributed by atoms with Gasteiger partial charge in [-0.25, -0.2) is 4.39 Å². The Bertz CT molecular complexity index is 1490. The molecular weight excluding hydrogens is 838 g/mol. The molecule has 2 aliphatic carbocycles. The van der Waals surface area contributed by atoms with E-state index in [2.05, 4.69) is 5.32 Å². The summed E-state index contributed by atoms with van der Waals surface area (Å²) in [6.45, 7) is 7.26. The number of benzene rings is 2. The van der Waals surface area contributed by atoms with Crippen molar-refractivity contribution in [3.63, 3.8) is 0 Å². The fraction of sp³-hybridized carbons (Fsp3) is 0.531. The van der Waals surface area contributed by atoms with Crippen molar-refractivity contribution in [3.05, 3.63) is 50.8 Å². The number of methoxy groups -OCH3 is 1. The van der Waals surface area contributed by atoms with Crippen LogP contribution in [0.1, 0.15) is 82.1 Å². The smallest absolute Gasteiger partial charge is 0.322 e. The molecule has 0 bridgehead atoms. The first-order valence-electron chi connectivity index (χ1n) is 14.8. The van der Waals surface area contributed by atoms with E-state index in [1.807, 2.05) is 6.92 Å². The van der Waals surface area contributed by atoms with Crippen molar-refractivity contribution in [1.29, 1.82) is 0 Å². The molecule has 2 atom stereocenters. The Kier molecular flexibility index (Phi) is 11.1. The van der Waals surface area contributed by atoms with Crippen LogP contribution in [-0.2, 0) is 18.3 Å². The first-order valence-corrected chi connectivity index (χ1v) is 16.9. The molecule has 1 N–H and O–H groups in total. The maximum atomic E-state index is 15.2. The van der Waals surface area contributed by atoms with Gasteiger partial charge in [0.2, 0.25) is 0 Å². The van der Waals surface area contributed by atoms with E-state index < -0.39 is 56.2 Å². The molecule has 2 saturated carbocycles. The molecule has 0 aromatic heterocycles. The SMILES string of the molecule is COc1cc(F)c(O[C@H]2CC[C@@](C)(C(=O)OC(C)(C)C)CC2)cc1C(=O)N[C@@H]1CC[C@@H]1C(=O)N(F)c1ccc(I)c(C(F)(F)I)c1. The monoisotopic (exact) mass is 874 g/mol. The maximum Gasteiger partial charge on any atom is 0.322 e. The van der Waals surface area contributed by atoms with Crippen LogP contribution in [0.15, 0.2) is 30.3 Å². The first kappa shape index (κ1) is 36.5. The third-order valence-corrected chi connectivity index (χ3v) is 9.83. The van der Waals surface area contributed by atoms with Gasteiger partial charge < -0.3 is 19.5 Å². The lowest BCUT2D eigenvalue weighted by Crippen LogP contribution is -2.52. The topological polar surface area (TPSA) is 94.2 Å². The lowest BCUT2D eigenvalue weighted by atomic mass is 9.74. The molecule has 2 aromatic carbocycles. The number of nitrogens with zero attached hydrogens (tertiary/aromatic N) is 1. The van der Waals surface area contributed by atoms with Crippen LogP contribution >= 0.6 is 45.2 Å². The largest absolute Gasteiger partial charge is 0.496 e. The van der Waals surface area contributed by atoms with Gasteiger partial charge in [-0.05, 0) is 113 Å². The van der Waals surface area contributed by atoms with Gasteiger partial charge >= 0.3 is 9.90 Å². The average molecular weight is 874 g/mol. The summed E-state index contributed by atoms with van der Waals surface area (Å²) in [5.74, 6) is -3.88. The standard InChI is InChI=1S/C32H36F4I2N2O6/c1-30(2,3)46-29(43)31(4)12-10-18(11-13-31)45-26-15-20(25(44-5)16-22(26)33)27(41)39-24-9-7-19(24)28(42)40(36)17-6-8-23(37)21(14-17)32(34,35)38/h6,8,14-16,18-19,24H,7,9-13H2,1-5H3,(H,39,41)/t18-,19-,24+,31+/m0/s1. The van der Waals surface area contributed by atoms with Crippen LogP contribution in [0.25, 0.3) is 0 Å². The number of carbonyl (C=O) groups excluding carboxylic acids is 3. The molecule has 0 heterocycles. The Balaban J connectivity index is 1.43. The number of nitrogens with one attached hydrogen (secondary N) is 1. The highest BCUT2D eigenvalue weighted by Crippen LogP contribution is 2.42. The number of esters is 1. The predicted octanol–water partition coefficient (Wildman–Crippen LogP) is 8.02. The Hall–Kier alpha value is -2.37. The summed E-state index contributed by atoms with van der Waals surface area (Å²) in [6.07, 6.45) is 2.10. The van der Waals surface area contributed by atoms with Crippen molar-refractivity contribution < 1.29 is 46.2 Å². The van der Waals surface area contributed by atoms with Crippen LogP contribution in [-0.4, -0.2) is 42.6 Å². The molecule has 14 heteroatoms. The molecule has 2 amide bonds. The minimum absolute atomic E-state index is 0.0462. The molecule has 2 aliphatic rings. The highest BCUT2D eigenvalue weighted by Gasteiger charge is 2.43. The summed E-state index contributed by atoms with van der Waals surface area (Å²) in [4.78, 5) is 39.1. The maximum absolute atomic E-state index is 15.2. The Morgan fingerprint density at radius 1 is 1.02 bits per heavy atom. The number of carbonyl (C=O) groups is 3. The van der Waals surface area contributed by atoms with Gasteiger partial charge in [-0.1, -0.05) is 4.48 Å². The fourth-order valence-corrected chi connectivity index (χ4v) is 7.08. The van der Waals surface area contributed by atoms with E-state index in [1.165, 1.54) is 25.3 Å². The number of anilines is 1. The second-order valence-corrected chi connectivity index (χ2v) is 15.4. The number of hydrogen-bond donors (Lipinski definition) is 1. The van der Waals surface area contributed by atoms with Crippen LogP contribution in [0.3, 0.4) is 0 Å². The van der Waals surface area contributed by atoms with E-state index in [0.29, 0.717) is 32.1 Å². The molecule has 0 unspecified atom stereocenters. The molecule has 0 saturated heterocycles. The molecule has 4 rings (SSSR count). The summed E-state index contributed by atoms with van der Waals surface area (Å²) >= 11 is 2.65. The molecule has 8 nitrogen and oxygen atoms in total. The van der Waals surface area contributed by atoms with Crippen LogP contribution in [0, 0.1) is 20.7 Å². The summed E-state index contributed by atoms with van der Waals surface area (Å²) in [5.41, 5.74) is -2.12. The zero-order valence-corrected chi connectivity index (χ0v) is 30.3. The van der Waals surface area contributed by atoms with Gasteiger partial charge in [-0.3, -0.25) is 14.4 Å². The van der Waals surface area contributed by atoms with Gasteiger partial charge in [0.25, 0.3) is 11.8 Å². The fourth-order valence-electron chi connectivity index (χ4n) is 5.44. The summed E-state index contributed by atoms with van der Waals surface area (Å²) in [7, 11) is 1.27. The average Bonchev–Trinajstić information content (AvgIpc) is 2.95. The number of ether oxygens (including phenoxy) is 3. The molecule has 2 aromatic rings. The molecular formula is C32H36F4I2N2O6. The van der Waals surface area contributed by atoms with Gasteiger partial charge in [-0.2, -0.15) is 8.78 Å². The van der Waals surface area contributed by atoms with Crippen LogP contribution < -0.4 is 19.9 Å². The van der Waals surface area contributed by atoms with E-state index >= 15 is 8.87 Å². The van der Waals surface area contributed by atoms with Crippen molar-refractivity contribution in [2.75, 3.05) is 12.2 Å². The Morgan fingerprint density at radius 3 is 2.22 bits per heavy atom. The van der Waals surface area contributed by atoms with Gasteiger partial charge in [0.05, 0.1) is 35.8 Å². The Morgan fingerprint density at radius 2 is 1.67 bits per heavy atom. The number of amides is 2.